The fourth-order valence-corrected chi connectivity index (χ4v) is 4.00. The van der Waals surface area contributed by atoms with Gasteiger partial charge >= 0.3 is 0 Å². The molecule has 0 atom stereocenters. The monoisotopic (exact) mass is 358 g/mol. The number of rotatable bonds is 2. The summed E-state index contributed by atoms with van der Waals surface area (Å²) in [5.41, 5.74) is 2.21. The molecule has 1 saturated heterocycles. The minimum Gasteiger partial charge on any atom is -0.367 e. The van der Waals surface area contributed by atoms with Crippen molar-refractivity contribution in [3.8, 4) is 0 Å². The number of nitrogens with one attached hydrogen (secondary N) is 1. The van der Waals surface area contributed by atoms with E-state index in [1.165, 1.54) is 17.0 Å². The Labute approximate surface area is 149 Å². The predicted molar refractivity (Wildman–Crippen MR) is 97.9 cm³/mol. The molecule has 4 rings (SSSR count). The van der Waals surface area contributed by atoms with E-state index in [1.807, 2.05) is 46.8 Å². The smallest absolute Gasteiger partial charge is 0.264 e. The van der Waals surface area contributed by atoms with Crippen LogP contribution >= 0.6 is 22.9 Å². The molecule has 122 valence electrons. The van der Waals surface area contributed by atoms with Crippen LogP contribution in [-0.2, 0) is 0 Å². The van der Waals surface area contributed by atoms with E-state index in [1.54, 1.807) is 0 Å². The highest BCUT2D eigenvalue weighted by atomic mass is 35.5. The van der Waals surface area contributed by atoms with Crippen LogP contribution < -0.4 is 9.88 Å². The lowest BCUT2D eigenvalue weighted by molar-refractivity contribution is -0.344. The third-order valence-electron chi connectivity index (χ3n) is 4.38. The van der Waals surface area contributed by atoms with Gasteiger partial charge in [-0.15, -0.1) is 11.3 Å². The fourth-order valence-electron chi connectivity index (χ4n) is 3.14. The van der Waals surface area contributed by atoms with Crippen LogP contribution in [0.15, 0.2) is 48.0 Å². The first-order valence-corrected chi connectivity index (χ1v) is 9.16. The van der Waals surface area contributed by atoms with Gasteiger partial charge < -0.3 is 9.80 Å². The summed E-state index contributed by atoms with van der Waals surface area (Å²) in [6.07, 6.45) is 1.94. The molecule has 1 amide bonds. The second-order valence-corrected chi connectivity index (χ2v) is 7.19. The number of hydrogen-bond acceptors (Lipinski definition) is 3. The van der Waals surface area contributed by atoms with Crippen LogP contribution in [0.3, 0.4) is 0 Å². The number of hydrogen-bond donors (Lipinski definition) is 0. The SMILES string of the molecule is O=C(c1cccs1)N1CCN(c2cc[nH+]c3cc(Cl)ccc23)CC1. The van der Waals surface area contributed by atoms with E-state index in [-0.39, 0.29) is 5.91 Å². The van der Waals surface area contributed by atoms with Gasteiger partial charge in [-0.25, -0.2) is 4.98 Å². The maximum atomic E-state index is 12.5. The molecule has 1 aliphatic heterocycles. The number of aromatic amines is 1. The van der Waals surface area contributed by atoms with Crippen LogP contribution in [0.25, 0.3) is 10.9 Å². The second kappa shape index (κ2) is 6.42. The molecule has 6 heteroatoms. The number of benzene rings is 1. The Morgan fingerprint density at radius 2 is 1.96 bits per heavy atom. The summed E-state index contributed by atoms with van der Waals surface area (Å²) in [4.78, 5) is 20.8. The van der Waals surface area contributed by atoms with E-state index in [0.29, 0.717) is 0 Å². The number of halogens is 1. The van der Waals surface area contributed by atoms with Crippen LogP contribution in [0.4, 0.5) is 5.69 Å². The minimum absolute atomic E-state index is 0.141. The molecule has 4 nitrogen and oxygen atoms in total. The Balaban J connectivity index is 1.53. The van der Waals surface area contributed by atoms with E-state index in [4.69, 9.17) is 11.6 Å². The van der Waals surface area contributed by atoms with Crippen LogP contribution in [0.2, 0.25) is 5.02 Å². The van der Waals surface area contributed by atoms with Gasteiger partial charge in [-0.05, 0) is 23.6 Å². The van der Waals surface area contributed by atoms with Crippen molar-refractivity contribution < 1.29 is 9.78 Å². The Morgan fingerprint density at radius 3 is 2.71 bits per heavy atom. The number of carbonyl (C=O) groups is 1. The van der Waals surface area contributed by atoms with Crippen molar-refractivity contribution in [3.05, 3.63) is 57.9 Å². The average Bonchev–Trinajstić information content (AvgIpc) is 3.15. The molecule has 0 bridgehead atoms. The zero-order valence-electron chi connectivity index (χ0n) is 13.0. The van der Waals surface area contributed by atoms with Crippen molar-refractivity contribution in [2.45, 2.75) is 0 Å². The number of fused-ring (bicyclic) bond motifs is 1. The summed E-state index contributed by atoms with van der Waals surface area (Å²) in [5.74, 6) is 0.141. The number of piperazine rings is 1. The highest BCUT2D eigenvalue weighted by Crippen LogP contribution is 2.27. The Bertz CT molecular complexity index is 873. The van der Waals surface area contributed by atoms with Crippen molar-refractivity contribution in [1.29, 1.82) is 0 Å². The molecular formula is C18H17ClN3OS+. The molecule has 0 aliphatic carbocycles. The average molecular weight is 359 g/mol. The molecule has 1 fully saturated rings. The van der Waals surface area contributed by atoms with Gasteiger partial charge in [0.1, 0.15) is 0 Å². The maximum absolute atomic E-state index is 12.5. The topological polar surface area (TPSA) is 37.7 Å². The van der Waals surface area contributed by atoms with E-state index in [9.17, 15) is 4.79 Å². The number of H-pyrrole nitrogens is 1. The quantitative estimate of drug-likeness (QED) is 0.704. The lowest BCUT2D eigenvalue weighted by Crippen LogP contribution is -2.48. The standard InChI is InChI=1S/C18H16ClN3OS/c19-13-3-4-14-15(12-13)20-6-5-16(14)21-7-9-22(10-8-21)18(23)17-2-1-11-24-17/h1-6,11-12H,7-10H2/p+1. The highest BCUT2D eigenvalue weighted by Gasteiger charge is 2.24. The van der Waals surface area contributed by atoms with Gasteiger partial charge in [0.15, 0.2) is 6.20 Å². The first kappa shape index (κ1) is 15.4. The molecule has 1 N–H and O–H groups in total. The largest absolute Gasteiger partial charge is 0.367 e. The van der Waals surface area contributed by atoms with E-state index >= 15 is 0 Å². The normalized spacial score (nSPS) is 15.0. The lowest BCUT2D eigenvalue weighted by Gasteiger charge is -2.36. The second-order valence-electron chi connectivity index (χ2n) is 5.81. The van der Waals surface area contributed by atoms with E-state index in [0.717, 1.165) is 47.0 Å². The molecule has 1 aliphatic rings. The van der Waals surface area contributed by atoms with Gasteiger partial charge in [0.25, 0.3) is 5.91 Å². The van der Waals surface area contributed by atoms with Gasteiger partial charge in [-0.3, -0.25) is 4.79 Å². The zero-order valence-corrected chi connectivity index (χ0v) is 14.6. The van der Waals surface area contributed by atoms with Gasteiger partial charge in [0.2, 0.25) is 5.52 Å². The van der Waals surface area contributed by atoms with Crippen molar-refractivity contribution >= 4 is 45.4 Å². The summed E-state index contributed by atoms with van der Waals surface area (Å²) in [6, 6.07) is 11.8. The summed E-state index contributed by atoms with van der Waals surface area (Å²) < 4.78 is 0. The summed E-state index contributed by atoms with van der Waals surface area (Å²) >= 11 is 7.59. The molecule has 3 aromatic rings. The Morgan fingerprint density at radius 1 is 1.12 bits per heavy atom. The third kappa shape index (κ3) is 2.85. The first-order chi connectivity index (χ1) is 11.7. The van der Waals surface area contributed by atoms with Crippen LogP contribution in [0.5, 0.6) is 0 Å². The van der Waals surface area contributed by atoms with Crippen molar-refractivity contribution in [2.24, 2.45) is 0 Å². The molecule has 24 heavy (non-hydrogen) atoms. The van der Waals surface area contributed by atoms with Gasteiger partial charge in [-0.2, -0.15) is 0 Å². The number of aromatic nitrogens is 1. The number of nitrogens with zero attached hydrogens (tertiary/aromatic N) is 2. The molecule has 3 heterocycles. The van der Waals surface area contributed by atoms with E-state index < -0.39 is 0 Å². The lowest BCUT2D eigenvalue weighted by atomic mass is 10.1. The number of pyridine rings is 1. The zero-order chi connectivity index (χ0) is 16.5. The number of amides is 1. The Kier molecular flexibility index (Phi) is 4.12. The van der Waals surface area contributed by atoms with Crippen LogP contribution in [0, 0.1) is 0 Å². The van der Waals surface area contributed by atoms with Crippen LogP contribution in [-0.4, -0.2) is 37.0 Å². The third-order valence-corrected chi connectivity index (χ3v) is 5.47. The van der Waals surface area contributed by atoms with Gasteiger partial charge in [-0.1, -0.05) is 17.7 Å². The molecular weight excluding hydrogens is 342 g/mol. The Hall–Kier alpha value is -2.11. The number of thiophene rings is 1. The molecule has 0 spiro atoms. The minimum atomic E-state index is 0.141. The number of anilines is 1. The van der Waals surface area contributed by atoms with E-state index in [2.05, 4.69) is 16.0 Å². The highest BCUT2D eigenvalue weighted by molar-refractivity contribution is 7.12. The number of carbonyl (C=O) groups excluding carboxylic acids is 1. The van der Waals surface area contributed by atoms with Gasteiger partial charge in [0.05, 0.1) is 16.0 Å². The van der Waals surface area contributed by atoms with Crippen molar-refractivity contribution in [3.63, 3.8) is 0 Å². The molecule has 1 aromatic carbocycles. The summed E-state index contributed by atoms with van der Waals surface area (Å²) in [6.45, 7) is 3.15. The molecule has 0 saturated carbocycles. The van der Waals surface area contributed by atoms with Crippen LogP contribution in [0.1, 0.15) is 9.67 Å². The van der Waals surface area contributed by atoms with Gasteiger partial charge in [0, 0.05) is 43.3 Å². The fraction of sp³-hybridized carbons (Fsp3) is 0.222. The summed E-state index contributed by atoms with van der Waals surface area (Å²) in [7, 11) is 0. The first-order valence-electron chi connectivity index (χ1n) is 7.90. The molecule has 0 radical (unpaired) electrons. The predicted octanol–water partition coefficient (Wildman–Crippen LogP) is 3.33. The molecule has 2 aromatic heterocycles. The van der Waals surface area contributed by atoms with Crippen molar-refractivity contribution in [2.75, 3.05) is 31.1 Å². The van der Waals surface area contributed by atoms with Crippen molar-refractivity contribution in [1.82, 2.24) is 4.90 Å². The summed E-state index contributed by atoms with van der Waals surface area (Å²) in [5, 5.41) is 3.82. The maximum Gasteiger partial charge on any atom is 0.264 e. The molecule has 0 unspecified atom stereocenters.